The molecule has 2 rings (SSSR count). The van der Waals surface area contributed by atoms with E-state index in [9.17, 15) is 0 Å². The monoisotopic (exact) mass is 205 g/mol. The Bertz CT molecular complexity index is 365. The zero-order valence-corrected chi connectivity index (χ0v) is 9.92. The minimum absolute atomic E-state index is 0.222. The van der Waals surface area contributed by atoms with E-state index in [1.54, 1.807) is 0 Å². The molecule has 0 amide bonds. The molecule has 0 aromatic heterocycles. The third kappa shape index (κ3) is 1.94. The van der Waals surface area contributed by atoms with Gasteiger partial charge in [0.2, 0.25) is 0 Å². The summed E-state index contributed by atoms with van der Waals surface area (Å²) in [4.78, 5) is 0. The highest BCUT2D eigenvalue weighted by molar-refractivity contribution is 5.63. The van der Waals surface area contributed by atoms with E-state index in [0.717, 1.165) is 18.0 Å². The van der Waals surface area contributed by atoms with Crippen molar-refractivity contribution in [1.29, 1.82) is 0 Å². The van der Waals surface area contributed by atoms with Crippen LogP contribution in [0.5, 0.6) is 5.75 Å². The molecule has 0 bridgehead atoms. The van der Waals surface area contributed by atoms with Gasteiger partial charge in [-0.1, -0.05) is 32.9 Å². The average molecular weight is 205 g/mol. The molecule has 0 fully saturated rings. The molecule has 15 heavy (non-hydrogen) atoms. The smallest absolute Gasteiger partial charge is 0.142 e. The van der Waals surface area contributed by atoms with Crippen LogP contribution >= 0.6 is 0 Å². The zero-order chi connectivity index (χ0) is 11.1. The number of anilines is 1. The zero-order valence-electron chi connectivity index (χ0n) is 9.92. The fourth-order valence-electron chi connectivity index (χ4n) is 1.80. The predicted molar refractivity (Wildman–Crippen MR) is 63.5 cm³/mol. The summed E-state index contributed by atoms with van der Waals surface area (Å²) in [5.41, 5.74) is 2.63. The van der Waals surface area contributed by atoms with Crippen LogP contribution in [0.15, 0.2) is 18.2 Å². The Labute approximate surface area is 91.6 Å². The van der Waals surface area contributed by atoms with Crippen LogP contribution in [-0.2, 0) is 0 Å². The van der Waals surface area contributed by atoms with Crippen LogP contribution in [0.3, 0.4) is 0 Å². The summed E-state index contributed by atoms with van der Waals surface area (Å²) in [6.45, 7) is 9.56. The Morgan fingerprint density at radius 3 is 2.73 bits per heavy atom. The summed E-state index contributed by atoms with van der Waals surface area (Å²) in [5, 5.41) is 3.58. The van der Waals surface area contributed by atoms with Crippen LogP contribution in [0.4, 0.5) is 5.69 Å². The van der Waals surface area contributed by atoms with Crippen LogP contribution in [-0.4, -0.2) is 12.6 Å². The number of ether oxygens (including phenoxy) is 1. The van der Waals surface area contributed by atoms with Crippen molar-refractivity contribution in [2.24, 2.45) is 5.41 Å². The maximum absolute atomic E-state index is 5.78. The SMILES string of the molecule is Cc1cccc2c1NC(C(C)(C)C)CO2. The molecule has 82 valence electrons. The number of benzene rings is 1. The predicted octanol–water partition coefficient (Wildman–Crippen LogP) is 3.21. The summed E-state index contributed by atoms with van der Waals surface area (Å²) in [7, 11) is 0. The molecule has 1 aromatic rings. The lowest BCUT2D eigenvalue weighted by molar-refractivity contribution is 0.207. The van der Waals surface area contributed by atoms with Gasteiger partial charge in [-0.15, -0.1) is 0 Å². The largest absolute Gasteiger partial charge is 0.489 e. The van der Waals surface area contributed by atoms with Crippen molar-refractivity contribution in [3.8, 4) is 5.75 Å². The molecule has 0 aliphatic carbocycles. The molecule has 1 atom stereocenters. The summed E-state index contributed by atoms with van der Waals surface area (Å²) in [5.74, 6) is 0.982. The number of aryl methyl sites for hydroxylation is 1. The second-order valence-corrected chi connectivity index (χ2v) is 5.32. The van der Waals surface area contributed by atoms with Gasteiger partial charge in [-0.25, -0.2) is 0 Å². The molecule has 1 aliphatic heterocycles. The molecular weight excluding hydrogens is 186 g/mol. The summed E-state index contributed by atoms with van der Waals surface area (Å²) in [6.07, 6.45) is 0. The first-order valence-electron chi connectivity index (χ1n) is 5.47. The van der Waals surface area contributed by atoms with E-state index < -0.39 is 0 Å². The Balaban J connectivity index is 2.30. The number of rotatable bonds is 0. The lowest BCUT2D eigenvalue weighted by atomic mass is 9.86. The molecule has 0 spiro atoms. The van der Waals surface area contributed by atoms with Gasteiger partial charge in [0, 0.05) is 0 Å². The van der Waals surface area contributed by atoms with Crippen LogP contribution in [0, 0.1) is 12.3 Å². The number of hydrogen-bond acceptors (Lipinski definition) is 2. The van der Waals surface area contributed by atoms with Gasteiger partial charge in [0.05, 0.1) is 11.7 Å². The molecule has 1 heterocycles. The lowest BCUT2D eigenvalue weighted by Gasteiger charge is -2.36. The second-order valence-electron chi connectivity index (χ2n) is 5.32. The van der Waals surface area contributed by atoms with Crippen molar-refractivity contribution in [3.05, 3.63) is 23.8 Å². The summed E-state index contributed by atoms with van der Waals surface area (Å²) in [6, 6.07) is 6.55. The van der Waals surface area contributed by atoms with Crippen LogP contribution < -0.4 is 10.1 Å². The third-order valence-electron chi connectivity index (χ3n) is 3.00. The minimum Gasteiger partial charge on any atom is -0.489 e. The number of nitrogens with one attached hydrogen (secondary N) is 1. The quantitative estimate of drug-likeness (QED) is 0.702. The van der Waals surface area contributed by atoms with Crippen molar-refractivity contribution in [2.75, 3.05) is 11.9 Å². The van der Waals surface area contributed by atoms with E-state index in [1.807, 2.05) is 12.1 Å². The van der Waals surface area contributed by atoms with Crippen molar-refractivity contribution in [1.82, 2.24) is 0 Å². The van der Waals surface area contributed by atoms with Crippen LogP contribution in [0.1, 0.15) is 26.3 Å². The van der Waals surface area contributed by atoms with Gasteiger partial charge in [0.15, 0.2) is 0 Å². The Morgan fingerprint density at radius 2 is 2.07 bits per heavy atom. The maximum Gasteiger partial charge on any atom is 0.142 e. The fourth-order valence-corrected chi connectivity index (χ4v) is 1.80. The fraction of sp³-hybridized carbons (Fsp3) is 0.538. The topological polar surface area (TPSA) is 21.3 Å². The van der Waals surface area contributed by atoms with E-state index in [0.29, 0.717) is 6.04 Å². The average Bonchev–Trinajstić information content (AvgIpc) is 2.16. The molecule has 1 N–H and O–H groups in total. The van der Waals surface area contributed by atoms with Gasteiger partial charge in [-0.3, -0.25) is 0 Å². The number of hydrogen-bond donors (Lipinski definition) is 1. The molecule has 1 aliphatic rings. The number of para-hydroxylation sites is 1. The minimum atomic E-state index is 0.222. The van der Waals surface area contributed by atoms with E-state index >= 15 is 0 Å². The highest BCUT2D eigenvalue weighted by Gasteiger charge is 2.29. The summed E-state index contributed by atoms with van der Waals surface area (Å²) < 4.78 is 5.78. The molecule has 1 aromatic carbocycles. The highest BCUT2D eigenvalue weighted by atomic mass is 16.5. The first kappa shape index (κ1) is 10.3. The van der Waals surface area contributed by atoms with Crippen LogP contribution in [0.25, 0.3) is 0 Å². The van der Waals surface area contributed by atoms with E-state index in [4.69, 9.17) is 4.74 Å². The first-order valence-corrected chi connectivity index (χ1v) is 5.47. The molecule has 1 unspecified atom stereocenters. The summed E-state index contributed by atoms with van der Waals surface area (Å²) >= 11 is 0. The standard InChI is InChI=1S/C13H19NO/c1-9-6-5-7-10-12(9)14-11(8-15-10)13(2,3)4/h5-7,11,14H,8H2,1-4H3. The van der Waals surface area contributed by atoms with E-state index in [-0.39, 0.29) is 5.41 Å². The molecule has 0 radical (unpaired) electrons. The normalized spacial score (nSPS) is 20.1. The van der Waals surface area contributed by atoms with Gasteiger partial charge >= 0.3 is 0 Å². The second kappa shape index (κ2) is 3.44. The van der Waals surface area contributed by atoms with Crippen molar-refractivity contribution in [3.63, 3.8) is 0 Å². The Hall–Kier alpha value is -1.18. The molecule has 2 heteroatoms. The van der Waals surface area contributed by atoms with Gasteiger partial charge in [0.1, 0.15) is 12.4 Å². The molecule has 0 saturated carbocycles. The Morgan fingerprint density at radius 1 is 1.33 bits per heavy atom. The number of fused-ring (bicyclic) bond motifs is 1. The van der Waals surface area contributed by atoms with Crippen molar-refractivity contribution >= 4 is 5.69 Å². The first-order chi connectivity index (χ1) is 6.98. The highest BCUT2D eigenvalue weighted by Crippen LogP contribution is 2.35. The molecular formula is C13H19NO. The molecule has 2 nitrogen and oxygen atoms in total. The van der Waals surface area contributed by atoms with Gasteiger partial charge < -0.3 is 10.1 Å². The molecule has 0 saturated heterocycles. The van der Waals surface area contributed by atoms with Gasteiger partial charge in [-0.05, 0) is 24.0 Å². The van der Waals surface area contributed by atoms with Crippen molar-refractivity contribution < 1.29 is 4.74 Å². The third-order valence-corrected chi connectivity index (χ3v) is 3.00. The van der Waals surface area contributed by atoms with Crippen LogP contribution in [0.2, 0.25) is 0 Å². The van der Waals surface area contributed by atoms with Gasteiger partial charge in [-0.2, -0.15) is 0 Å². The van der Waals surface area contributed by atoms with E-state index in [2.05, 4.69) is 39.1 Å². The van der Waals surface area contributed by atoms with Crippen molar-refractivity contribution in [2.45, 2.75) is 33.7 Å². The lowest BCUT2D eigenvalue weighted by Crippen LogP contribution is -2.41. The maximum atomic E-state index is 5.78. The van der Waals surface area contributed by atoms with Gasteiger partial charge in [0.25, 0.3) is 0 Å². The Kier molecular flexibility index (Phi) is 2.37. The van der Waals surface area contributed by atoms with E-state index in [1.165, 1.54) is 5.56 Å².